The summed E-state index contributed by atoms with van der Waals surface area (Å²) in [6.07, 6.45) is 5.06. The van der Waals surface area contributed by atoms with E-state index in [-0.39, 0.29) is 5.91 Å². The van der Waals surface area contributed by atoms with Gasteiger partial charge in [0.15, 0.2) is 0 Å². The van der Waals surface area contributed by atoms with Gasteiger partial charge in [0.1, 0.15) is 11.4 Å². The van der Waals surface area contributed by atoms with Crippen molar-refractivity contribution in [3.05, 3.63) is 36.0 Å². The van der Waals surface area contributed by atoms with Crippen molar-refractivity contribution in [2.24, 2.45) is 0 Å². The number of hydrogen-bond donors (Lipinski definition) is 3. The molecule has 1 amide bonds. The zero-order valence-electron chi connectivity index (χ0n) is 21.6. The van der Waals surface area contributed by atoms with E-state index >= 15 is 0 Å². The van der Waals surface area contributed by atoms with Gasteiger partial charge in [0.25, 0.3) is 0 Å². The van der Waals surface area contributed by atoms with Crippen LogP contribution in [0.15, 0.2) is 24.4 Å². The van der Waals surface area contributed by atoms with Crippen LogP contribution in [0.2, 0.25) is 0 Å². The van der Waals surface area contributed by atoms with E-state index < -0.39 is 11.5 Å². The minimum Gasteiger partial charge on any atom is -0.338 e. The smallest absolute Gasteiger partial charge is 0.250 e. The van der Waals surface area contributed by atoms with Crippen LogP contribution in [-0.2, 0) is 4.79 Å². The number of carbonyl (C=O) groups excluding carboxylic acids is 1. The van der Waals surface area contributed by atoms with Crippen LogP contribution in [0.5, 0.6) is 0 Å². The molecule has 3 aromatic rings. The molecule has 2 aliphatic heterocycles. The van der Waals surface area contributed by atoms with Gasteiger partial charge in [0.05, 0.1) is 17.6 Å². The van der Waals surface area contributed by atoms with Gasteiger partial charge in [0, 0.05) is 44.7 Å². The van der Waals surface area contributed by atoms with Gasteiger partial charge in [-0.2, -0.15) is 24.4 Å². The number of pyridine rings is 1. The fraction of sp³-hybridized carbons (Fsp3) is 0.520. The number of carbonyl (C=O) groups is 1. The Morgan fingerprint density at radius 3 is 2.63 bits per heavy atom. The van der Waals surface area contributed by atoms with Crippen molar-refractivity contribution < 1.29 is 9.18 Å². The maximum Gasteiger partial charge on any atom is 0.250 e. The molecular formula is C25H32FN11O. The molecule has 13 heteroatoms. The molecule has 3 N–H and O–H groups in total. The predicted molar refractivity (Wildman–Crippen MR) is 141 cm³/mol. The molecule has 3 aliphatic rings. The number of nitrogens with zero attached hydrogens (tertiary/aromatic N) is 8. The highest BCUT2D eigenvalue weighted by atomic mass is 19.1. The normalized spacial score (nSPS) is 22.1. The van der Waals surface area contributed by atoms with Crippen LogP contribution in [0.1, 0.15) is 44.2 Å². The third-order valence-electron chi connectivity index (χ3n) is 7.59. The average molecular weight is 522 g/mol. The van der Waals surface area contributed by atoms with Crippen LogP contribution in [0, 0.1) is 5.95 Å². The summed E-state index contributed by atoms with van der Waals surface area (Å²) >= 11 is 0. The van der Waals surface area contributed by atoms with Crippen molar-refractivity contribution >= 4 is 35.3 Å². The van der Waals surface area contributed by atoms with E-state index in [2.05, 4.69) is 42.7 Å². The van der Waals surface area contributed by atoms with Gasteiger partial charge in [-0.15, -0.1) is 0 Å². The molecule has 1 unspecified atom stereocenters. The Hall–Kier alpha value is -3.87. The van der Waals surface area contributed by atoms with Crippen LogP contribution in [-0.4, -0.2) is 86.3 Å². The molecule has 0 radical (unpaired) electrons. The molecule has 200 valence electrons. The summed E-state index contributed by atoms with van der Waals surface area (Å²) in [7, 11) is 2.10. The van der Waals surface area contributed by atoms with Gasteiger partial charge in [0.2, 0.25) is 29.7 Å². The molecule has 5 heterocycles. The Labute approximate surface area is 220 Å². The van der Waals surface area contributed by atoms with E-state index in [0.717, 1.165) is 57.0 Å². The van der Waals surface area contributed by atoms with Gasteiger partial charge in [-0.3, -0.25) is 9.89 Å². The zero-order valence-corrected chi connectivity index (χ0v) is 21.6. The van der Waals surface area contributed by atoms with Gasteiger partial charge < -0.3 is 25.3 Å². The van der Waals surface area contributed by atoms with E-state index in [1.807, 2.05) is 17.9 Å². The number of halogens is 1. The second kappa shape index (κ2) is 9.78. The number of piperazine rings is 1. The predicted octanol–water partition coefficient (Wildman–Crippen LogP) is 2.50. The van der Waals surface area contributed by atoms with Crippen molar-refractivity contribution in [2.45, 2.75) is 44.1 Å². The lowest BCUT2D eigenvalue weighted by atomic mass is 9.97. The minimum absolute atomic E-state index is 0.220. The topological polar surface area (TPSA) is 131 Å². The van der Waals surface area contributed by atoms with Gasteiger partial charge in [-0.25, -0.2) is 4.98 Å². The maximum absolute atomic E-state index is 13.5. The van der Waals surface area contributed by atoms with Crippen LogP contribution in [0.4, 0.5) is 33.7 Å². The summed E-state index contributed by atoms with van der Waals surface area (Å²) in [6.45, 7) is 5.91. The number of anilines is 5. The number of aromatic nitrogens is 6. The van der Waals surface area contributed by atoms with Crippen molar-refractivity contribution in [3.63, 3.8) is 0 Å². The Bertz CT molecular complexity index is 1300. The Balaban J connectivity index is 1.30. The monoisotopic (exact) mass is 521 g/mol. The van der Waals surface area contributed by atoms with Gasteiger partial charge in [-0.1, -0.05) is 0 Å². The molecule has 3 aromatic heterocycles. The van der Waals surface area contributed by atoms with Gasteiger partial charge >= 0.3 is 0 Å². The molecule has 1 saturated carbocycles. The molecule has 6 rings (SSSR count). The van der Waals surface area contributed by atoms with Crippen molar-refractivity contribution in [1.29, 1.82) is 0 Å². The molecule has 0 bridgehead atoms. The van der Waals surface area contributed by atoms with Crippen LogP contribution < -0.4 is 20.4 Å². The van der Waals surface area contributed by atoms with E-state index in [1.165, 1.54) is 18.3 Å². The average Bonchev–Trinajstić information content (AvgIpc) is 3.53. The summed E-state index contributed by atoms with van der Waals surface area (Å²) in [4.78, 5) is 37.8. The number of nitrogens with one attached hydrogen (secondary N) is 3. The number of likely N-dealkylation sites (N-methyl/N-ethyl adjacent to an activating group) is 1. The molecule has 38 heavy (non-hydrogen) atoms. The number of amides is 1. The molecule has 0 aromatic carbocycles. The van der Waals surface area contributed by atoms with Crippen molar-refractivity contribution in [1.82, 2.24) is 35.0 Å². The molecule has 0 spiro atoms. The first-order valence-electron chi connectivity index (χ1n) is 13.1. The minimum atomic E-state index is -0.903. The summed E-state index contributed by atoms with van der Waals surface area (Å²) in [5, 5.41) is 13.6. The first-order chi connectivity index (χ1) is 18.4. The van der Waals surface area contributed by atoms with Crippen molar-refractivity contribution in [3.8, 4) is 0 Å². The Morgan fingerprint density at radius 2 is 1.89 bits per heavy atom. The first-order valence-corrected chi connectivity index (χ1v) is 13.1. The van der Waals surface area contributed by atoms with E-state index in [4.69, 9.17) is 15.0 Å². The molecular weight excluding hydrogens is 489 g/mol. The van der Waals surface area contributed by atoms with Crippen LogP contribution in [0.3, 0.4) is 0 Å². The summed E-state index contributed by atoms with van der Waals surface area (Å²) in [5.41, 5.74) is 0.575. The Kier molecular flexibility index (Phi) is 6.30. The Morgan fingerprint density at radius 1 is 1.11 bits per heavy atom. The highest BCUT2D eigenvalue weighted by molar-refractivity contribution is 6.00. The third-order valence-corrected chi connectivity index (χ3v) is 7.59. The van der Waals surface area contributed by atoms with E-state index in [0.29, 0.717) is 42.4 Å². The van der Waals surface area contributed by atoms with Crippen LogP contribution in [0.25, 0.3) is 0 Å². The highest BCUT2D eigenvalue weighted by Crippen LogP contribution is 2.40. The molecule has 12 nitrogen and oxygen atoms in total. The summed E-state index contributed by atoms with van der Waals surface area (Å²) < 4.78 is 13.3. The fourth-order valence-electron chi connectivity index (χ4n) is 5.02. The zero-order chi connectivity index (χ0) is 26.3. The quantitative estimate of drug-likeness (QED) is 0.399. The van der Waals surface area contributed by atoms with Crippen molar-refractivity contribution in [2.75, 3.05) is 60.2 Å². The van der Waals surface area contributed by atoms with Crippen LogP contribution >= 0.6 is 0 Å². The van der Waals surface area contributed by atoms with E-state index in [1.54, 1.807) is 0 Å². The number of H-pyrrole nitrogens is 1. The lowest BCUT2D eigenvalue weighted by Gasteiger charge is -2.35. The first kappa shape index (κ1) is 24.5. The maximum atomic E-state index is 13.5. The number of hydrogen-bond acceptors (Lipinski definition) is 10. The number of rotatable bonds is 7. The van der Waals surface area contributed by atoms with E-state index in [9.17, 15) is 9.18 Å². The summed E-state index contributed by atoms with van der Waals surface area (Å²) in [5.74, 6) is 1.83. The largest absolute Gasteiger partial charge is 0.338 e. The highest BCUT2D eigenvalue weighted by Gasteiger charge is 2.45. The number of aromatic amines is 1. The standard InChI is InChI=1S/C25H32FN11O/c1-25(21(38)28-17-6-7-19(26)27-15-17)8-3-9-37(25)24-31-22(29-20-14-18(33-34-20)16-4-5-16)30-23(32-24)36-12-10-35(2)11-13-36/h6-7,14-16H,3-5,8-13H2,1-2H3,(H,28,38)(H2,29,30,31,32,33,34). The second-order valence-electron chi connectivity index (χ2n) is 10.5. The third kappa shape index (κ3) is 4.97. The lowest BCUT2D eigenvalue weighted by molar-refractivity contribution is -0.120. The summed E-state index contributed by atoms with van der Waals surface area (Å²) in [6, 6.07) is 4.72. The molecule has 1 atom stereocenters. The molecule has 3 fully saturated rings. The SMILES string of the molecule is CN1CCN(c2nc(Nc3cc(C4CC4)n[nH]3)nc(N3CCCC3(C)C(=O)Nc3ccc(F)nc3)n2)CC1. The second-order valence-corrected chi connectivity index (χ2v) is 10.5. The lowest BCUT2D eigenvalue weighted by Crippen LogP contribution is -2.52. The fourth-order valence-corrected chi connectivity index (χ4v) is 5.02. The van der Waals surface area contributed by atoms with Gasteiger partial charge in [-0.05, 0) is 51.8 Å². The molecule has 1 aliphatic carbocycles. The molecule has 2 saturated heterocycles.